The van der Waals surface area contributed by atoms with Crippen molar-refractivity contribution in [2.75, 3.05) is 25.3 Å². The van der Waals surface area contributed by atoms with Crippen molar-refractivity contribution in [3.8, 4) is 5.75 Å². The molecule has 1 aliphatic rings. The van der Waals surface area contributed by atoms with Crippen molar-refractivity contribution in [3.63, 3.8) is 0 Å². The minimum Gasteiger partial charge on any atom is -0.497 e. The van der Waals surface area contributed by atoms with Gasteiger partial charge in [0.25, 0.3) is 5.91 Å². The fourth-order valence-corrected chi connectivity index (χ4v) is 5.54. The molecular weight excluding hydrogens is 436 g/mol. The minimum absolute atomic E-state index is 0.138. The zero-order valence-corrected chi connectivity index (χ0v) is 19.2. The first-order chi connectivity index (χ1) is 15.0. The summed E-state index contributed by atoms with van der Waals surface area (Å²) in [6.07, 6.45) is 3.94. The van der Waals surface area contributed by atoms with Crippen LogP contribution in [0.4, 0.5) is 9.80 Å². The molecule has 7 nitrogen and oxygen atoms in total. The number of thioether (sulfide) groups is 1. The van der Waals surface area contributed by atoms with Gasteiger partial charge in [0.2, 0.25) is 5.91 Å². The Balaban J connectivity index is 1.57. The number of imide groups is 1. The molecule has 9 heteroatoms. The SMILES string of the molecule is COC(=O)NC(=O)c1c(NC(=O)CCCSc2ccc(OC)cc2)sc2c1CCCC2. The van der Waals surface area contributed by atoms with Crippen molar-refractivity contribution in [2.45, 2.75) is 43.4 Å². The number of carbonyl (C=O) groups excluding carboxylic acids is 3. The molecule has 0 saturated carbocycles. The lowest BCUT2D eigenvalue weighted by atomic mass is 9.95. The van der Waals surface area contributed by atoms with Crippen molar-refractivity contribution in [1.29, 1.82) is 0 Å². The predicted molar refractivity (Wildman–Crippen MR) is 122 cm³/mol. The molecule has 2 aromatic rings. The number of hydrogen-bond acceptors (Lipinski definition) is 7. The van der Waals surface area contributed by atoms with E-state index in [0.29, 0.717) is 23.4 Å². The van der Waals surface area contributed by atoms with E-state index in [1.54, 1.807) is 18.9 Å². The molecule has 0 aliphatic heterocycles. The summed E-state index contributed by atoms with van der Waals surface area (Å²) in [6.45, 7) is 0. The molecule has 1 aromatic heterocycles. The molecule has 0 fully saturated rings. The molecule has 0 atom stereocenters. The van der Waals surface area contributed by atoms with Crippen molar-refractivity contribution in [1.82, 2.24) is 5.32 Å². The zero-order chi connectivity index (χ0) is 22.2. The Morgan fingerprint density at radius 1 is 1.10 bits per heavy atom. The highest BCUT2D eigenvalue weighted by Crippen LogP contribution is 2.38. The molecular formula is C22H26N2O5S2. The number of fused-ring (bicyclic) bond motifs is 1. The van der Waals surface area contributed by atoms with E-state index >= 15 is 0 Å². The highest BCUT2D eigenvalue weighted by molar-refractivity contribution is 7.99. The van der Waals surface area contributed by atoms with Crippen molar-refractivity contribution < 1.29 is 23.9 Å². The van der Waals surface area contributed by atoms with E-state index < -0.39 is 12.0 Å². The summed E-state index contributed by atoms with van der Waals surface area (Å²) in [5.74, 6) is 0.947. The van der Waals surface area contributed by atoms with Crippen LogP contribution in [0.3, 0.4) is 0 Å². The third kappa shape index (κ3) is 6.24. The smallest absolute Gasteiger partial charge is 0.413 e. The standard InChI is InChI=1S/C22H26N2O5S2/c1-28-14-9-11-15(12-10-14)30-13-5-8-18(25)23-21-19(20(26)24-22(27)29-2)16-6-3-4-7-17(16)31-21/h9-12H,3-8,13H2,1-2H3,(H,23,25)(H,24,26,27). The van der Waals surface area contributed by atoms with E-state index in [9.17, 15) is 14.4 Å². The lowest BCUT2D eigenvalue weighted by Crippen LogP contribution is -2.31. The maximum atomic E-state index is 12.6. The van der Waals surface area contributed by atoms with Gasteiger partial charge in [-0.1, -0.05) is 0 Å². The molecule has 1 heterocycles. The van der Waals surface area contributed by atoms with Gasteiger partial charge in [0.15, 0.2) is 0 Å². The minimum atomic E-state index is -0.811. The number of anilines is 1. The fourth-order valence-electron chi connectivity index (χ4n) is 3.38. The third-order valence-corrected chi connectivity index (χ3v) is 7.23. The summed E-state index contributed by atoms with van der Waals surface area (Å²) >= 11 is 3.11. The van der Waals surface area contributed by atoms with Gasteiger partial charge in [-0.25, -0.2) is 4.79 Å². The van der Waals surface area contributed by atoms with Gasteiger partial charge >= 0.3 is 6.09 Å². The quantitative estimate of drug-likeness (QED) is 0.438. The molecule has 1 aromatic carbocycles. The van der Waals surface area contributed by atoms with E-state index in [1.807, 2.05) is 24.3 Å². The van der Waals surface area contributed by atoms with Crippen LogP contribution in [0.2, 0.25) is 0 Å². The maximum absolute atomic E-state index is 12.6. The molecule has 166 valence electrons. The normalized spacial score (nSPS) is 12.6. The van der Waals surface area contributed by atoms with E-state index in [1.165, 1.54) is 18.4 Å². The summed E-state index contributed by atoms with van der Waals surface area (Å²) < 4.78 is 9.69. The molecule has 3 rings (SSSR count). The zero-order valence-electron chi connectivity index (χ0n) is 17.6. The summed E-state index contributed by atoms with van der Waals surface area (Å²) in [5, 5.41) is 5.63. The second-order valence-electron chi connectivity index (χ2n) is 7.04. The Labute approximate surface area is 189 Å². The van der Waals surface area contributed by atoms with Gasteiger partial charge in [0.1, 0.15) is 10.8 Å². The van der Waals surface area contributed by atoms with Gasteiger partial charge in [-0.15, -0.1) is 23.1 Å². The van der Waals surface area contributed by atoms with Crippen LogP contribution in [0.15, 0.2) is 29.2 Å². The predicted octanol–water partition coefficient (Wildman–Crippen LogP) is 4.64. The van der Waals surface area contributed by atoms with Crippen LogP contribution in [-0.2, 0) is 22.4 Å². The molecule has 0 radical (unpaired) electrons. The van der Waals surface area contributed by atoms with Gasteiger partial charge in [-0.2, -0.15) is 0 Å². The van der Waals surface area contributed by atoms with E-state index in [2.05, 4.69) is 15.4 Å². The summed E-state index contributed by atoms with van der Waals surface area (Å²) in [6, 6.07) is 7.81. The van der Waals surface area contributed by atoms with Gasteiger partial charge in [-0.3, -0.25) is 14.9 Å². The molecule has 0 saturated heterocycles. The lowest BCUT2D eigenvalue weighted by molar-refractivity contribution is -0.116. The number of alkyl carbamates (subject to hydrolysis) is 1. The molecule has 0 bridgehead atoms. The number of hydrogen-bond donors (Lipinski definition) is 2. The summed E-state index contributed by atoms with van der Waals surface area (Å²) in [7, 11) is 2.84. The fraction of sp³-hybridized carbons (Fsp3) is 0.409. The van der Waals surface area contributed by atoms with Crippen LogP contribution in [0, 0.1) is 0 Å². The maximum Gasteiger partial charge on any atom is 0.413 e. The van der Waals surface area contributed by atoms with Gasteiger partial charge in [-0.05, 0) is 67.7 Å². The van der Waals surface area contributed by atoms with E-state index in [0.717, 1.165) is 52.5 Å². The topological polar surface area (TPSA) is 93.7 Å². The average Bonchev–Trinajstić information content (AvgIpc) is 3.14. The molecule has 1 aliphatic carbocycles. The number of benzene rings is 1. The molecule has 2 N–H and O–H groups in total. The molecule has 0 spiro atoms. The number of rotatable bonds is 8. The number of thiophene rings is 1. The number of carbonyl (C=O) groups is 3. The number of ether oxygens (including phenoxy) is 2. The highest BCUT2D eigenvalue weighted by atomic mass is 32.2. The van der Waals surface area contributed by atoms with E-state index in [-0.39, 0.29) is 5.91 Å². The number of methoxy groups -OCH3 is 2. The van der Waals surface area contributed by atoms with Crippen LogP contribution in [0.1, 0.15) is 46.5 Å². The Morgan fingerprint density at radius 2 is 1.84 bits per heavy atom. The Morgan fingerprint density at radius 3 is 2.55 bits per heavy atom. The lowest BCUT2D eigenvalue weighted by Gasteiger charge is -2.12. The monoisotopic (exact) mass is 462 g/mol. The average molecular weight is 463 g/mol. The van der Waals surface area contributed by atoms with Gasteiger partial charge < -0.3 is 14.8 Å². The number of nitrogens with one attached hydrogen (secondary N) is 2. The van der Waals surface area contributed by atoms with Crippen LogP contribution in [0.25, 0.3) is 0 Å². The van der Waals surface area contributed by atoms with Gasteiger partial charge in [0, 0.05) is 16.2 Å². The summed E-state index contributed by atoms with van der Waals surface area (Å²) in [5.41, 5.74) is 1.33. The first-order valence-corrected chi connectivity index (χ1v) is 11.9. The summed E-state index contributed by atoms with van der Waals surface area (Å²) in [4.78, 5) is 38.9. The Bertz CT molecular complexity index is 940. The number of aryl methyl sites for hydroxylation is 1. The highest BCUT2D eigenvalue weighted by Gasteiger charge is 2.27. The second kappa shape index (κ2) is 11.2. The van der Waals surface area contributed by atoms with Crippen LogP contribution < -0.4 is 15.4 Å². The van der Waals surface area contributed by atoms with Crippen LogP contribution in [-0.4, -0.2) is 37.9 Å². The van der Waals surface area contributed by atoms with Crippen molar-refractivity contribution >= 4 is 46.0 Å². The van der Waals surface area contributed by atoms with Crippen LogP contribution >= 0.6 is 23.1 Å². The second-order valence-corrected chi connectivity index (χ2v) is 9.31. The molecule has 0 unspecified atom stereocenters. The Hall–Kier alpha value is -2.52. The van der Waals surface area contributed by atoms with Crippen molar-refractivity contribution in [3.05, 3.63) is 40.3 Å². The van der Waals surface area contributed by atoms with Crippen molar-refractivity contribution in [2.24, 2.45) is 0 Å². The largest absolute Gasteiger partial charge is 0.497 e. The van der Waals surface area contributed by atoms with Crippen LogP contribution in [0.5, 0.6) is 5.75 Å². The molecule has 3 amide bonds. The van der Waals surface area contributed by atoms with Gasteiger partial charge in [0.05, 0.1) is 19.8 Å². The first kappa shape index (κ1) is 23.1. The molecule has 31 heavy (non-hydrogen) atoms. The first-order valence-electron chi connectivity index (χ1n) is 10.1. The Kier molecular flexibility index (Phi) is 8.36. The number of amides is 3. The van der Waals surface area contributed by atoms with E-state index in [4.69, 9.17) is 4.74 Å². The third-order valence-electron chi connectivity index (χ3n) is 4.93.